The number of hydrogen-bond donors (Lipinski definition) is 1. The molecule has 0 saturated heterocycles. The quantitative estimate of drug-likeness (QED) is 0.680. The molecule has 0 atom stereocenters. The van der Waals surface area contributed by atoms with Crippen LogP contribution in [0.25, 0.3) is 0 Å². The van der Waals surface area contributed by atoms with Crippen molar-refractivity contribution in [2.45, 2.75) is 13.2 Å². The molecule has 4 nitrogen and oxygen atoms in total. The molecule has 0 spiro atoms. The number of aliphatic hydroxyl groups is 1. The third-order valence-corrected chi connectivity index (χ3v) is 1.21. The summed E-state index contributed by atoms with van der Waals surface area (Å²) in [5, 5.41) is 8.64. The molecule has 0 aliphatic carbocycles. The highest BCUT2D eigenvalue weighted by Crippen LogP contribution is 2.04. The molecule has 4 heteroatoms. The van der Waals surface area contributed by atoms with E-state index >= 15 is 0 Å². The fourth-order valence-corrected chi connectivity index (χ4v) is 0.765. The van der Waals surface area contributed by atoms with Gasteiger partial charge in [0.2, 0.25) is 5.89 Å². The molecular formula is C7H12N2O2. The van der Waals surface area contributed by atoms with E-state index in [1.54, 1.807) is 6.20 Å². The van der Waals surface area contributed by atoms with Crippen molar-refractivity contribution in [3.8, 4) is 0 Å². The lowest BCUT2D eigenvalue weighted by atomic mass is 10.6. The van der Waals surface area contributed by atoms with Crippen LogP contribution in [0.1, 0.15) is 11.7 Å². The Morgan fingerprint density at radius 2 is 2.36 bits per heavy atom. The van der Waals surface area contributed by atoms with E-state index in [1.807, 2.05) is 19.0 Å². The van der Waals surface area contributed by atoms with E-state index in [0.29, 0.717) is 18.2 Å². The minimum Gasteiger partial charge on any atom is -0.442 e. The number of oxazole rings is 1. The highest BCUT2D eigenvalue weighted by molar-refractivity contribution is 4.91. The first-order chi connectivity index (χ1) is 5.22. The van der Waals surface area contributed by atoms with E-state index in [9.17, 15) is 0 Å². The zero-order chi connectivity index (χ0) is 8.27. The van der Waals surface area contributed by atoms with Crippen LogP contribution in [0, 0.1) is 0 Å². The van der Waals surface area contributed by atoms with E-state index in [0.717, 1.165) is 0 Å². The summed E-state index contributed by atoms with van der Waals surface area (Å²) in [6.07, 6.45) is 1.54. The minimum absolute atomic E-state index is 0.0829. The van der Waals surface area contributed by atoms with Gasteiger partial charge < -0.3 is 14.4 Å². The van der Waals surface area contributed by atoms with Gasteiger partial charge in [0.05, 0.1) is 12.7 Å². The van der Waals surface area contributed by atoms with Crippen molar-refractivity contribution >= 4 is 0 Å². The second-order valence-corrected chi connectivity index (χ2v) is 2.62. The third-order valence-electron chi connectivity index (χ3n) is 1.21. The molecule has 0 unspecified atom stereocenters. The first kappa shape index (κ1) is 8.23. The van der Waals surface area contributed by atoms with Crippen LogP contribution in [0.15, 0.2) is 10.6 Å². The first-order valence-electron chi connectivity index (χ1n) is 3.41. The predicted octanol–water partition coefficient (Wildman–Crippen LogP) is 0.228. The third kappa shape index (κ3) is 2.32. The van der Waals surface area contributed by atoms with Crippen LogP contribution in [0.4, 0.5) is 0 Å². The SMILES string of the molecule is CN(C)Cc1ncc(CO)o1. The van der Waals surface area contributed by atoms with Gasteiger partial charge in [-0.3, -0.25) is 0 Å². The summed E-state index contributed by atoms with van der Waals surface area (Å²) in [5.74, 6) is 1.15. The second kappa shape index (κ2) is 3.50. The maximum atomic E-state index is 8.64. The summed E-state index contributed by atoms with van der Waals surface area (Å²) in [5.41, 5.74) is 0. The Balaban J connectivity index is 2.58. The maximum absolute atomic E-state index is 8.64. The van der Waals surface area contributed by atoms with E-state index < -0.39 is 0 Å². The molecule has 11 heavy (non-hydrogen) atoms. The van der Waals surface area contributed by atoms with Crippen LogP contribution >= 0.6 is 0 Å². The molecule has 0 aliphatic heterocycles. The van der Waals surface area contributed by atoms with E-state index in [1.165, 1.54) is 0 Å². The fourth-order valence-electron chi connectivity index (χ4n) is 0.765. The van der Waals surface area contributed by atoms with Crippen molar-refractivity contribution in [2.24, 2.45) is 0 Å². The Hall–Kier alpha value is -0.870. The van der Waals surface area contributed by atoms with Crippen molar-refractivity contribution in [3.63, 3.8) is 0 Å². The molecule has 0 aromatic carbocycles. The normalized spacial score (nSPS) is 10.9. The number of rotatable bonds is 3. The molecule has 1 aromatic rings. The molecular weight excluding hydrogens is 144 g/mol. The lowest BCUT2D eigenvalue weighted by Gasteiger charge is -2.03. The molecule has 1 rings (SSSR count). The van der Waals surface area contributed by atoms with Gasteiger partial charge in [-0.25, -0.2) is 4.98 Å². The predicted molar refractivity (Wildman–Crippen MR) is 39.8 cm³/mol. The van der Waals surface area contributed by atoms with Gasteiger partial charge in [-0.15, -0.1) is 0 Å². The van der Waals surface area contributed by atoms with Crippen LogP contribution in [-0.4, -0.2) is 29.1 Å². The molecule has 62 valence electrons. The second-order valence-electron chi connectivity index (χ2n) is 2.62. The highest BCUT2D eigenvalue weighted by Gasteiger charge is 2.02. The molecule has 0 radical (unpaired) electrons. The van der Waals surface area contributed by atoms with E-state index in [2.05, 4.69) is 4.98 Å². The van der Waals surface area contributed by atoms with Crippen molar-refractivity contribution < 1.29 is 9.52 Å². The van der Waals surface area contributed by atoms with Crippen LogP contribution in [0.5, 0.6) is 0 Å². The van der Waals surface area contributed by atoms with E-state index in [-0.39, 0.29) is 6.61 Å². The first-order valence-corrected chi connectivity index (χ1v) is 3.41. The van der Waals surface area contributed by atoms with Crippen molar-refractivity contribution in [2.75, 3.05) is 14.1 Å². The fraction of sp³-hybridized carbons (Fsp3) is 0.571. The molecule has 0 aliphatic rings. The number of aromatic nitrogens is 1. The Labute approximate surface area is 65.5 Å². The average Bonchev–Trinajstić information content (AvgIpc) is 2.34. The van der Waals surface area contributed by atoms with Crippen LogP contribution in [-0.2, 0) is 13.2 Å². The van der Waals surface area contributed by atoms with Gasteiger partial charge in [0.25, 0.3) is 0 Å². The van der Waals surface area contributed by atoms with Crippen molar-refractivity contribution in [3.05, 3.63) is 17.8 Å². The molecule has 1 heterocycles. The Morgan fingerprint density at radius 3 is 2.82 bits per heavy atom. The number of nitrogens with zero attached hydrogens (tertiary/aromatic N) is 2. The van der Waals surface area contributed by atoms with Crippen LogP contribution in [0.3, 0.4) is 0 Å². The zero-order valence-electron chi connectivity index (χ0n) is 6.74. The summed E-state index contributed by atoms with van der Waals surface area (Å²) in [6, 6.07) is 0. The lowest BCUT2D eigenvalue weighted by molar-refractivity contribution is 0.236. The zero-order valence-corrected chi connectivity index (χ0v) is 6.74. The van der Waals surface area contributed by atoms with Gasteiger partial charge in [0.15, 0.2) is 0 Å². The summed E-state index contributed by atoms with van der Waals surface area (Å²) in [4.78, 5) is 5.91. The monoisotopic (exact) mass is 156 g/mol. The smallest absolute Gasteiger partial charge is 0.208 e. The number of aliphatic hydroxyl groups excluding tert-OH is 1. The largest absolute Gasteiger partial charge is 0.442 e. The minimum atomic E-state index is -0.0829. The number of hydrogen-bond acceptors (Lipinski definition) is 4. The van der Waals surface area contributed by atoms with Crippen molar-refractivity contribution in [1.29, 1.82) is 0 Å². The molecule has 1 aromatic heterocycles. The molecule has 0 bridgehead atoms. The highest BCUT2D eigenvalue weighted by atomic mass is 16.4. The van der Waals surface area contributed by atoms with Gasteiger partial charge in [-0.05, 0) is 14.1 Å². The molecule has 0 amide bonds. The Morgan fingerprint density at radius 1 is 1.64 bits per heavy atom. The molecule has 0 fully saturated rings. The van der Waals surface area contributed by atoms with Crippen LogP contribution < -0.4 is 0 Å². The van der Waals surface area contributed by atoms with Gasteiger partial charge in [0, 0.05) is 0 Å². The van der Waals surface area contributed by atoms with Gasteiger partial charge in [-0.1, -0.05) is 0 Å². The summed E-state index contributed by atoms with van der Waals surface area (Å²) in [6.45, 7) is 0.584. The standard InChI is InChI=1S/C7H12N2O2/c1-9(2)4-7-8-3-6(5-10)11-7/h3,10H,4-5H2,1-2H3. The van der Waals surface area contributed by atoms with E-state index in [4.69, 9.17) is 9.52 Å². The molecule has 1 N–H and O–H groups in total. The van der Waals surface area contributed by atoms with Gasteiger partial charge in [0.1, 0.15) is 12.4 Å². The Bertz CT molecular complexity index is 220. The molecule has 0 saturated carbocycles. The summed E-state index contributed by atoms with van der Waals surface area (Å²) >= 11 is 0. The van der Waals surface area contributed by atoms with Crippen molar-refractivity contribution in [1.82, 2.24) is 9.88 Å². The average molecular weight is 156 g/mol. The van der Waals surface area contributed by atoms with Crippen LogP contribution in [0.2, 0.25) is 0 Å². The topological polar surface area (TPSA) is 49.5 Å². The van der Waals surface area contributed by atoms with Gasteiger partial charge in [-0.2, -0.15) is 0 Å². The van der Waals surface area contributed by atoms with Gasteiger partial charge >= 0.3 is 0 Å². The summed E-state index contributed by atoms with van der Waals surface area (Å²) in [7, 11) is 3.87. The summed E-state index contributed by atoms with van der Waals surface area (Å²) < 4.78 is 5.14. The lowest BCUT2D eigenvalue weighted by Crippen LogP contribution is -2.10. The Kier molecular flexibility index (Phi) is 2.62. The maximum Gasteiger partial charge on any atom is 0.208 e.